The van der Waals surface area contributed by atoms with Crippen LogP contribution in [0.4, 0.5) is 0 Å². The Balaban J connectivity index is 0. The Kier molecular flexibility index (Phi) is 7.05. The molecule has 118 valence electrons. The Morgan fingerprint density at radius 2 is 0.579 bits per heavy atom. The van der Waals surface area contributed by atoms with Gasteiger partial charge in [-0.05, 0) is 0 Å². The summed E-state index contributed by atoms with van der Waals surface area (Å²) in [5.74, 6) is 0. The van der Waals surface area contributed by atoms with Gasteiger partial charge in [0.25, 0.3) is 0 Å². The first kappa shape index (κ1) is 21.9. The first-order valence-electron chi connectivity index (χ1n) is 3.70. The SMILES string of the molecule is O.O=P(O)(O)C(C(P(=O)(O)O)P(=O)(O)O)P(=O)(O)O. The molecule has 10 N–H and O–H groups in total. The Morgan fingerprint density at radius 3 is 0.632 bits per heavy atom. The molecule has 0 aromatic heterocycles. The van der Waals surface area contributed by atoms with Crippen LogP contribution in [0.15, 0.2) is 0 Å². The van der Waals surface area contributed by atoms with Gasteiger partial charge in [0.05, 0.1) is 0 Å². The van der Waals surface area contributed by atoms with Gasteiger partial charge in [-0.25, -0.2) is 0 Å². The summed E-state index contributed by atoms with van der Waals surface area (Å²) in [7, 11) is -23.6. The summed E-state index contributed by atoms with van der Waals surface area (Å²) >= 11 is 0. The second kappa shape index (κ2) is 6.13. The van der Waals surface area contributed by atoms with Crippen LogP contribution in [0.25, 0.3) is 0 Å². The maximum absolute atomic E-state index is 10.8. The van der Waals surface area contributed by atoms with Gasteiger partial charge in [-0.3, -0.25) is 18.3 Å². The predicted octanol–water partition coefficient (Wildman–Crippen LogP) is -2.48. The van der Waals surface area contributed by atoms with Crippen molar-refractivity contribution in [3.63, 3.8) is 0 Å². The highest BCUT2D eigenvalue weighted by atomic mass is 31.3. The molecule has 0 saturated carbocycles. The molecule has 0 fully saturated rings. The van der Waals surface area contributed by atoms with E-state index in [0.717, 1.165) is 0 Å². The fourth-order valence-electron chi connectivity index (χ4n) is 1.09. The van der Waals surface area contributed by atoms with Crippen LogP contribution in [0.3, 0.4) is 0 Å². The lowest BCUT2D eigenvalue weighted by atomic mass is 10.9. The molecule has 0 bridgehead atoms. The molecule has 0 atom stereocenters. The molecule has 0 aliphatic heterocycles. The number of hydrogen-bond donors (Lipinski definition) is 8. The van der Waals surface area contributed by atoms with Crippen LogP contribution in [0.1, 0.15) is 0 Å². The average molecular weight is 368 g/mol. The molecule has 0 aromatic carbocycles. The zero-order valence-electron chi connectivity index (χ0n) is 8.65. The van der Waals surface area contributed by atoms with E-state index < -0.39 is 41.2 Å². The third-order valence-corrected chi connectivity index (χ3v) is 10.1. The third-order valence-electron chi connectivity index (χ3n) is 1.65. The standard InChI is InChI=1S/C2H10O12P4.H2O/c3-15(4,5)1(16(6,7)8)2(17(9,10)11)18(12,13)14;/h1-2H,(H2,3,4,5)(H2,6,7,8)(H2,9,10,11)(H2,12,13,14);1H2. The van der Waals surface area contributed by atoms with Gasteiger partial charge in [-0.1, -0.05) is 0 Å². The number of rotatable bonds is 5. The minimum Gasteiger partial charge on any atom is -0.412 e. The van der Waals surface area contributed by atoms with Crippen molar-refractivity contribution in [2.24, 2.45) is 0 Å². The largest absolute Gasteiger partial charge is 0.412 e. The Hall–Kier alpha value is 0.560. The summed E-state index contributed by atoms with van der Waals surface area (Å²) in [6.45, 7) is 0. The van der Waals surface area contributed by atoms with Crippen molar-refractivity contribution < 1.29 is 62.9 Å². The summed E-state index contributed by atoms with van der Waals surface area (Å²) in [6.07, 6.45) is 0. The Labute approximate surface area is 105 Å². The molecule has 0 aromatic rings. The van der Waals surface area contributed by atoms with Gasteiger partial charge < -0.3 is 44.6 Å². The molecule has 17 heteroatoms. The summed E-state index contributed by atoms with van der Waals surface area (Å²) in [6, 6.07) is 0. The van der Waals surface area contributed by atoms with E-state index in [4.69, 9.17) is 39.1 Å². The van der Waals surface area contributed by atoms with Gasteiger partial charge in [0, 0.05) is 0 Å². The molecular formula is C2H12O13P4. The minimum absolute atomic E-state index is 0. The maximum atomic E-state index is 10.8. The van der Waals surface area contributed by atoms with E-state index >= 15 is 0 Å². The molecule has 0 spiro atoms. The van der Waals surface area contributed by atoms with Crippen molar-refractivity contribution in [1.82, 2.24) is 0 Å². The third kappa shape index (κ3) is 6.24. The van der Waals surface area contributed by atoms with Crippen molar-refractivity contribution in [1.29, 1.82) is 0 Å². The van der Waals surface area contributed by atoms with E-state index in [1.165, 1.54) is 0 Å². The van der Waals surface area contributed by atoms with E-state index in [1.54, 1.807) is 0 Å². The van der Waals surface area contributed by atoms with Crippen LogP contribution >= 0.6 is 30.4 Å². The molecule has 0 saturated heterocycles. The van der Waals surface area contributed by atoms with Crippen LogP contribution in [0, 0.1) is 0 Å². The Morgan fingerprint density at radius 1 is 0.474 bits per heavy atom. The van der Waals surface area contributed by atoms with Crippen LogP contribution in [-0.4, -0.2) is 55.4 Å². The smallest absolute Gasteiger partial charge is 0.342 e. The van der Waals surface area contributed by atoms with Gasteiger partial charge in [-0.15, -0.1) is 0 Å². The van der Waals surface area contributed by atoms with Crippen molar-refractivity contribution >= 4 is 30.4 Å². The van der Waals surface area contributed by atoms with Gasteiger partial charge in [0.15, 0.2) is 10.8 Å². The fraction of sp³-hybridized carbons (Fsp3) is 1.00. The normalized spacial score (nSPS) is 14.6. The monoisotopic (exact) mass is 368 g/mol. The fourth-order valence-corrected chi connectivity index (χ4v) is 9.78. The van der Waals surface area contributed by atoms with Crippen molar-refractivity contribution in [3.8, 4) is 0 Å². The molecule has 0 aliphatic rings. The van der Waals surface area contributed by atoms with Crippen LogP contribution in [0.2, 0.25) is 0 Å². The Bertz CT molecular complexity index is 393. The second-order valence-electron chi connectivity index (χ2n) is 3.18. The highest BCUT2D eigenvalue weighted by molar-refractivity contribution is 7.78. The molecule has 19 heavy (non-hydrogen) atoms. The summed E-state index contributed by atoms with van der Waals surface area (Å²) < 4.78 is 43.3. The molecule has 0 rings (SSSR count). The van der Waals surface area contributed by atoms with E-state index in [2.05, 4.69) is 0 Å². The average Bonchev–Trinajstić information content (AvgIpc) is 1.89. The van der Waals surface area contributed by atoms with Crippen molar-refractivity contribution in [2.75, 3.05) is 0 Å². The van der Waals surface area contributed by atoms with Crippen LogP contribution < -0.4 is 0 Å². The van der Waals surface area contributed by atoms with Gasteiger partial charge in [0.1, 0.15) is 0 Å². The summed E-state index contributed by atoms with van der Waals surface area (Å²) in [4.78, 5) is 69.1. The predicted molar refractivity (Wildman–Crippen MR) is 59.4 cm³/mol. The second-order valence-corrected chi connectivity index (χ2v) is 10.9. The quantitative estimate of drug-likeness (QED) is 0.235. The summed E-state index contributed by atoms with van der Waals surface area (Å²) in [5, 5.41) is -6.99. The van der Waals surface area contributed by atoms with Crippen molar-refractivity contribution in [2.45, 2.75) is 10.8 Å². The zero-order valence-corrected chi connectivity index (χ0v) is 12.2. The molecule has 13 nitrogen and oxygen atoms in total. The van der Waals surface area contributed by atoms with Crippen molar-refractivity contribution in [3.05, 3.63) is 0 Å². The highest BCUT2D eigenvalue weighted by Crippen LogP contribution is 2.74. The number of hydrogen-bond acceptors (Lipinski definition) is 4. The van der Waals surface area contributed by atoms with E-state index in [-0.39, 0.29) is 5.48 Å². The maximum Gasteiger partial charge on any atom is 0.342 e. The minimum atomic E-state index is -5.89. The van der Waals surface area contributed by atoms with Gasteiger partial charge in [0.2, 0.25) is 0 Å². The molecular weight excluding hydrogens is 356 g/mol. The van der Waals surface area contributed by atoms with Crippen LogP contribution in [-0.2, 0) is 18.3 Å². The first-order chi connectivity index (χ1) is 7.49. The molecule has 0 unspecified atom stereocenters. The van der Waals surface area contributed by atoms with Gasteiger partial charge in [-0.2, -0.15) is 0 Å². The topological polar surface area (TPSA) is 262 Å². The zero-order chi connectivity index (χ0) is 15.2. The first-order valence-corrected chi connectivity index (χ1v) is 10.4. The van der Waals surface area contributed by atoms with Gasteiger partial charge >= 0.3 is 30.4 Å². The molecule has 0 radical (unpaired) electrons. The lowest BCUT2D eigenvalue weighted by molar-refractivity contribution is 0.309. The molecule has 0 amide bonds. The highest BCUT2D eigenvalue weighted by Gasteiger charge is 2.62. The van der Waals surface area contributed by atoms with E-state index in [0.29, 0.717) is 0 Å². The van der Waals surface area contributed by atoms with E-state index in [1.807, 2.05) is 0 Å². The summed E-state index contributed by atoms with van der Waals surface area (Å²) in [5.41, 5.74) is 0. The lowest BCUT2D eigenvalue weighted by Crippen LogP contribution is -2.27. The van der Waals surface area contributed by atoms with E-state index in [9.17, 15) is 18.3 Å². The molecule has 0 aliphatic carbocycles. The lowest BCUT2D eigenvalue weighted by Gasteiger charge is -2.28. The van der Waals surface area contributed by atoms with Crippen LogP contribution in [0.5, 0.6) is 0 Å². The molecule has 0 heterocycles.